The van der Waals surface area contributed by atoms with E-state index in [1.807, 2.05) is 6.07 Å². The van der Waals surface area contributed by atoms with Crippen LogP contribution in [0.5, 0.6) is 0 Å². The summed E-state index contributed by atoms with van der Waals surface area (Å²) < 4.78 is 5.27. The molecule has 0 spiro atoms. The lowest BCUT2D eigenvalue weighted by molar-refractivity contribution is -0.137. The predicted molar refractivity (Wildman–Crippen MR) is 83.5 cm³/mol. The molecule has 23 heavy (non-hydrogen) atoms. The fourth-order valence-electron chi connectivity index (χ4n) is 2.09. The van der Waals surface area contributed by atoms with Crippen molar-refractivity contribution in [1.82, 2.24) is 15.5 Å². The lowest BCUT2D eigenvalue weighted by atomic mass is 10.2. The summed E-state index contributed by atoms with van der Waals surface area (Å²) in [6.45, 7) is 5.29. The summed E-state index contributed by atoms with van der Waals surface area (Å²) in [5, 5.41) is 23.0. The second kappa shape index (κ2) is 11.5. The molecule has 0 atom stereocenters. The Morgan fingerprint density at radius 1 is 1.26 bits per heavy atom. The first-order valence-corrected chi connectivity index (χ1v) is 7.77. The molecule has 0 saturated carbocycles. The normalized spacial score (nSPS) is 15.7. The molecule has 0 bridgehead atoms. The number of hydrogen-bond donors (Lipinski definition) is 3. The number of nitrogens with one attached hydrogen (secondary N) is 2. The van der Waals surface area contributed by atoms with Gasteiger partial charge < -0.3 is 20.5 Å². The number of amides is 1. The highest BCUT2D eigenvalue weighted by molar-refractivity contribution is 5.97. The molecule has 0 radical (unpaired) electrons. The molecule has 1 rings (SSSR count). The van der Waals surface area contributed by atoms with Gasteiger partial charge in [-0.2, -0.15) is 5.26 Å². The van der Waals surface area contributed by atoms with Crippen molar-refractivity contribution >= 4 is 11.9 Å². The van der Waals surface area contributed by atoms with E-state index in [1.54, 1.807) is 0 Å². The zero-order valence-corrected chi connectivity index (χ0v) is 13.2. The van der Waals surface area contributed by atoms with Gasteiger partial charge in [0.05, 0.1) is 13.2 Å². The van der Waals surface area contributed by atoms with Gasteiger partial charge in [-0.15, -0.1) is 0 Å². The van der Waals surface area contributed by atoms with E-state index in [0.717, 1.165) is 39.3 Å². The van der Waals surface area contributed by atoms with Crippen LogP contribution in [0.3, 0.4) is 0 Å². The first-order chi connectivity index (χ1) is 11.1. The Bertz CT molecular complexity index is 453. The Balaban J connectivity index is 2.17. The number of hydrogen-bond acceptors (Lipinski definition) is 6. The average Bonchev–Trinajstić information content (AvgIpc) is 2.55. The zero-order chi connectivity index (χ0) is 16.9. The van der Waals surface area contributed by atoms with Crippen molar-refractivity contribution in [3.05, 3.63) is 11.8 Å². The molecule has 8 heteroatoms. The molecule has 3 N–H and O–H groups in total. The molecule has 0 unspecified atom stereocenters. The highest BCUT2D eigenvalue weighted by atomic mass is 16.5. The van der Waals surface area contributed by atoms with Crippen LogP contribution in [0.1, 0.15) is 19.3 Å². The third-order valence-corrected chi connectivity index (χ3v) is 3.36. The van der Waals surface area contributed by atoms with Crippen LogP contribution in [-0.4, -0.2) is 67.8 Å². The molecule has 0 aromatic rings. The number of rotatable bonds is 10. The van der Waals surface area contributed by atoms with Gasteiger partial charge in [-0.1, -0.05) is 0 Å². The fourth-order valence-corrected chi connectivity index (χ4v) is 2.09. The van der Waals surface area contributed by atoms with Gasteiger partial charge in [-0.05, 0) is 19.4 Å². The standard InChI is InChI=1S/C15H24N4O4/c16-11-13(15(22)18-5-1-3-14(20)21)12-17-4-2-6-19-7-9-23-10-8-19/h12,17H,1-10H2,(H,18,22)(H,20,21)/b13-12-. The predicted octanol–water partition coefficient (Wildman–Crippen LogP) is -0.313. The Kier molecular flexibility index (Phi) is 9.43. The van der Waals surface area contributed by atoms with Gasteiger partial charge in [0, 0.05) is 38.8 Å². The molecule has 8 nitrogen and oxygen atoms in total. The number of carbonyl (C=O) groups is 2. The second-order valence-corrected chi connectivity index (χ2v) is 5.18. The largest absolute Gasteiger partial charge is 0.481 e. The minimum atomic E-state index is -0.905. The summed E-state index contributed by atoms with van der Waals surface area (Å²) in [6, 6.07) is 1.84. The highest BCUT2D eigenvalue weighted by Gasteiger charge is 2.10. The van der Waals surface area contributed by atoms with Crippen LogP contribution in [0.4, 0.5) is 0 Å². The lowest BCUT2D eigenvalue weighted by Crippen LogP contribution is -2.37. The number of morpholine rings is 1. The number of carboxylic acids is 1. The summed E-state index contributed by atoms with van der Waals surface area (Å²) in [4.78, 5) is 24.4. The van der Waals surface area contributed by atoms with Gasteiger partial charge in [-0.25, -0.2) is 0 Å². The van der Waals surface area contributed by atoms with Crippen LogP contribution in [-0.2, 0) is 14.3 Å². The number of carboxylic acid groups (broad SMARTS) is 1. The van der Waals surface area contributed by atoms with Crippen LogP contribution in [0, 0.1) is 11.3 Å². The molecular formula is C15H24N4O4. The molecule has 0 aromatic heterocycles. The number of ether oxygens (including phenoxy) is 1. The number of carbonyl (C=O) groups excluding carboxylic acids is 1. The van der Waals surface area contributed by atoms with Crippen molar-refractivity contribution in [1.29, 1.82) is 5.26 Å². The molecule has 1 fully saturated rings. The molecule has 128 valence electrons. The van der Waals surface area contributed by atoms with Gasteiger partial charge in [0.2, 0.25) is 0 Å². The van der Waals surface area contributed by atoms with Crippen molar-refractivity contribution in [2.45, 2.75) is 19.3 Å². The van der Waals surface area contributed by atoms with E-state index in [1.165, 1.54) is 6.20 Å². The smallest absolute Gasteiger partial charge is 0.303 e. The van der Waals surface area contributed by atoms with Gasteiger partial charge in [0.25, 0.3) is 5.91 Å². The quantitative estimate of drug-likeness (QED) is 0.287. The van der Waals surface area contributed by atoms with Gasteiger partial charge in [0.15, 0.2) is 0 Å². The van der Waals surface area contributed by atoms with Crippen molar-refractivity contribution in [3.8, 4) is 6.07 Å². The maximum Gasteiger partial charge on any atom is 0.303 e. The van der Waals surface area contributed by atoms with Crippen molar-refractivity contribution < 1.29 is 19.4 Å². The Hall–Kier alpha value is -2.11. The van der Waals surface area contributed by atoms with Crippen molar-refractivity contribution in [3.63, 3.8) is 0 Å². The van der Waals surface area contributed by atoms with E-state index < -0.39 is 11.9 Å². The van der Waals surface area contributed by atoms with E-state index in [2.05, 4.69) is 15.5 Å². The Morgan fingerprint density at radius 3 is 2.65 bits per heavy atom. The van der Waals surface area contributed by atoms with E-state index in [-0.39, 0.29) is 18.5 Å². The molecule has 1 saturated heterocycles. The van der Waals surface area contributed by atoms with Crippen LogP contribution >= 0.6 is 0 Å². The summed E-state index contributed by atoms with van der Waals surface area (Å²) in [6.07, 6.45) is 2.65. The summed E-state index contributed by atoms with van der Waals surface area (Å²) in [7, 11) is 0. The van der Waals surface area contributed by atoms with Gasteiger partial charge >= 0.3 is 5.97 Å². The maximum atomic E-state index is 11.7. The summed E-state index contributed by atoms with van der Waals surface area (Å²) >= 11 is 0. The topological polar surface area (TPSA) is 115 Å². The fraction of sp³-hybridized carbons (Fsp3) is 0.667. The third-order valence-electron chi connectivity index (χ3n) is 3.36. The number of nitriles is 1. The molecular weight excluding hydrogens is 300 g/mol. The lowest BCUT2D eigenvalue weighted by Gasteiger charge is -2.26. The Morgan fingerprint density at radius 2 is 2.00 bits per heavy atom. The molecule has 1 aliphatic heterocycles. The average molecular weight is 324 g/mol. The molecule has 0 aromatic carbocycles. The monoisotopic (exact) mass is 324 g/mol. The van der Waals surface area contributed by atoms with E-state index in [4.69, 9.17) is 15.1 Å². The molecule has 1 heterocycles. The summed E-state index contributed by atoms with van der Waals surface area (Å²) in [5.41, 5.74) is -0.00769. The third kappa shape index (κ3) is 8.80. The van der Waals surface area contributed by atoms with Crippen molar-refractivity contribution in [2.24, 2.45) is 0 Å². The highest BCUT2D eigenvalue weighted by Crippen LogP contribution is 1.97. The van der Waals surface area contributed by atoms with E-state index >= 15 is 0 Å². The van der Waals surface area contributed by atoms with Crippen LogP contribution < -0.4 is 10.6 Å². The van der Waals surface area contributed by atoms with Crippen LogP contribution in [0.15, 0.2) is 11.8 Å². The minimum absolute atomic E-state index is 0.00769. The van der Waals surface area contributed by atoms with Gasteiger partial charge in [0.1, 0.15) is 11.6 Å². The van der Waals surface area contributed by atoms with Crippen molar-refractivity contribution in [2.75, 3.05) is 45.9 Å². The first kappa shape index (κ1) is 18.9. The zero-order valence-electron chi connectivity index (χ0n) is 13.2. The molecule has 0 aliphatic carbocycles. The number of aliphatic carboxylic acids is 1. The SMILES string of the molecule is N#C/C(=C/NCCCN1CCOCC1)C(=O)NCCCC(=O)O. The minimum Gasteiger partial charge on any atom is -0.481 e. The maximum absolute atomic E-state index is 11.7. The van der Waals surface area contributed by atoms with Crippen LogP contribution in [0.2, 0.25) is 0 Å². The molecule has 1 aliphatic rings. The van der Waals surface area contributed by atoms with E-state index in [0.29, 0.717) is 13.0 Å². The Labute approximate surface area is 136 Å². The second-order valence-electron chi connectivity index (χ2n) is 5.18. The van der Waals surface area contributed by atoms with Crippen LogP contribution in [0.25, 0.3) is 0 Å². The van der Waals surface area contributed by atoms with E-state index in [9.17, 15) is 9.59 Å². The first-order valence-electron chi connectivity index (χ1n) is 7.77. The van der Waals surface area contributed by atoms with Gasteiger partial charge in [-0.3, -0.25) is 14.5 Å². The number of nitrogens with zero attached hydrogens (tertiary/aromatic N) is 2. The summed E-state index contributed by atoms with van der Waals surface area (Å²) in [5.74, 6) is -1.39. The molecule has 1 amide bonds.